The molecule has 0 spiro atoms. The lowest BCUT2D eigenvalue weighted by Gasteiger charge is -2.30. The average molecular weight is 406 g/mol. The van der Waals surface area contributed by atoms with E-state index in [-0.39, 0.29) is 40.6 Å². The van der Waals surface area contributed by atoms with Crippen molar-refractivity contribution in [3.05, 3.63) is 64.2 Å². The quantitative estimate of drug-likeness (QED) is 0.659. The molecule has 0 aromatic heterocycles. The van der Waals surface area contributed by atoms with Gasteiger partial charge in [0, 0.05) is 17.2 Å². The van der Waals surface area contributed by atoms with Crippen LogP contribution in [0.15, 0.2) is 42.0 Å². The molecule has 5 heteroatoms. The maximum Gasteiger partial charge on any atom is 0.174 e. The first-order valence-corrected chi connectivity index (χ1v) is 10.1. The monoisotopic (exact) mass is 406 g/mol. The molecule has 0 bridgehead atoms. The molecule has 0 aliphatic carbocycles. The number of hydrogen-bond donors (Lipinski definition) is 2. The largest absolute Gasteiger partial charge is 0.507 e. The molecule has 2 aliphatic rings. The zero-order valence-electron chi connectivity index (χ0n) is 17.7. The van der Waals surface area contributed by atoms with Gasteiger partial charge >= 0.3 is 0 Å². The van der Waals surface area contributed by atoms with Crippen LogP contribution >= 0.6 is 0 Å². The highest BCUT2D eigenvalue weighted by Crippen LogP contribution is 2.45. The summed E-state index contributed by atoms with van der Waals surface area (Å²) in [6.07, 6.45) is 5.85. The highest BCUT2D eigenvalue weighted by atomic mass is 16.5. The van der Waals surface area contributed by atoms with Crippen LogP contribution in [0.3, 0.4) is 0 Å². The molecular formula is C25H26O5. The van der Waals surface area contributed by atoms with Crippen LogP contribution in [0.25, 0.3) is 6.08 Å². The summed E-state index contributed by atoms with van der Waals surface area (Å²) in [5, 5.41) is 21.1. The Morgan fingerprint density at radius 2 is 1.97 bits per heavy atom. The summed E-state index contributed by atoms with van der Waals surface area (Å²) in [5.74, 6) is 0.504. The second kappa shape index (κ2) is 7.24. The first-order chi connectivity index (χ1) is 14.1. The Bertz CT molecular complexity index is 1090. The van der Waals surface area contributed by atoms with Gasteiger partial charge in [-0.2, -0.15) is 0 Å². The number of carbonyl (C=O) groups is 1. The van der Waals surface area contributed by atoms with Gasteiger partial charge in [-0.25, -0.2) is 0 Å². The molecule has 2 heterocycles. The fourth-order valence-corrected chi connectivity index (χ4v) is 3.79. The van der Waals surface area contributed by atoms with Crippen LogP contribution < -0.4 is 9.47 Å². The van der Waals surface area contributed by atoms with Crippen molar-refractivity contribution < 1.29 is 24.5 Å². The number of phenolic OH excluding ortho intramolecular Hbond substituents is 2. The van der Waals surface area contributed by atoms with Gasteiger partial charge in [0.25, 0.3) is 0 Å². The molecule has 1 unspecified atom stereocenters. The summed E-state index contributed by atoms with van der Waals surface area (Å²) in [7, 11) is 0. The minimum Gasteiger partial charge on any atom is -0.507 e. The molecule has 2 aromatic rings. The summed E-state index contributed by atoms with van der Waals surface area (Å²) >= 11 is 0. The Morgan fingerprint density at radius 3 is 2.70 bits per heavy atom. The summed E-state index contributed by atoms with van der Waals surface area (Å²) in [6, 6.07) is 7.15. The predicted molar refractivity (Wildman–Crippen MR) is 115 cm³/mol. The van der Waals surface area contributed by atoms with Gasteiger partial charge in [0.15, 0.2) is 5.78 Å². The molecule has 2 aromatic carbocycles. The number of rotatable bonds is 3. The number of carbonyl (C=O) groups excluding carboxylic acids is 1. The van der Waals surface area contributed by atoms with Crippen LogP contribution in [0.5, 0.6) is 23.0 Å². The highest BCUT2D eigenvalue weighted by Gasteiger charge is 2.33. The van der Waals surface area contributed by atoms with E-state index < -0.39 is 6.10 Å². The second-order valence-corrected chi connectivity index (χ2v) is 8.65. The fourth-order valence-electron chi connectivity index (χ4n) is 3.79. The van der Waals surface area contributed by atoms with Crippen LogP contribution in [-0.2, 0) is 6.42 Å². The number of Topliss-reactive ketones (excluding diaryl/α,β-unsaturated/α-hetero) is 1. The molecule has 0 saturated heterocycles. The van der Waals surface area contributed by atoms with Crippen molar-refractivity contribution in [1.82, 2.24) is 0 Å². The van der Waals surface area contributed by atoms with E-state index in [1.165, 1.54) is 6.07 Å². The van der Waals surface area contributed by atoms with Crippen molar-refractivity contribution in [2.45, 2.75) is 52.2 Å². The van der Waals surface area contributed by atoms with E-state index in [0.29, 0.717) is 12.0 Å². The predicted octanol–water partition coefficient (Wildman–Crippen LogP) is 5.50. The molecular weight excluding hydrogens is 380 g/mol. The molecule has 0 saturated carbocycles. The van der Waals surface area contributed by atoms with Crippen molar-refractivity contribution in [1.29, 1.82) is 0 Å². The third kappa shape index (κ3) is 3.67. The average Bonchev–Trinajstić information content (AvgIpc) is 2.65. The summed E-state index contributed by atoms with van der Waals surface area (Å²) < 4.78 is 12.0. The standard InChI is InChI=1S/C25H26O5/c1-14(2)5-7-17-18(26)12-22-23(24(17)28)19(27)13-21(29-22)15-6-8-20-16(11-15)9-10-25(3,4)30-20/h5-6,8-12,21,26,28H,7,13H2,1-4H3. The van der Waals surface area contributed by atoms with E-state index >= 15 is 0 Å². The van der Waals surface area contributed by atoms with Gasteiger partial charge in [-0.3, -0.25) is 4.79 Å². The van der Waals surface area contributed by atoms with Crippen molar-refractivity contribution in [2.75, 3.05) is 0 Å². The number of phenols is 2. The Kier molecular flexibility index (Phi) is 4.85. The highest BCUT2D eigenvalue weighted by molar-refractivity contribution is 6.03. The molecule has 2 N–H and O–H groups in total. The number of fused-ring (bicyclic) bond motifs is 2. The van der Waals surface area contributed by atoms with Gasteiger partial charge in [0.05, 0.1) is 6.42 Å². The maximum absolute atomic E-state index is 12.9. The summed E-state index contributed by atoms with van der Waals surface area (Å²) in [6.45, 7) is 7.85. The van der Waals surface area contributed by atoms with E-state index in [0.717, 1.165) is 22.4 Å². The van der Waals surface area contributed by atoms with Gasteiger partial charge in [-0.15, -0.1) is 0 Å². The summed E-state index contributed by atoms with van der Waals surface area (Å²) in [5.41, 5.74) is 2.95. The first-order valence-electron chi connectivity index (χ1n) is 10.1. The number of benzene rings is 2. The third-order valence-corrected chi connectivity index (χ3v) is 5.42. The first kappa shape index (κ1) is 20.1. The zero-order valence-corrected chi connectivity index (χ0v) is 17.7. The van der Waals surface area contributed by atoms with Crippen molar-refractivity contribution >= 4 is 11.9 Å². The van der Waals surface area contributed by atoms with Crippen LogP contribution in [-0.4, -0.2) is 21.6 Å². The van der Waals surface area contributed by atoms with E-state index in [1.807, 2.05) is 64.1 Å². The third-order valence-electron chi connectivity index (χ3n) is 5.42. The van der Waals surface area contributed by atoms with Crippen molar-refractivity contribution in [2.24, 2.45) is 0 Å². The molecule has 1 atom stereocenters. The molecule has 5 nitrogen and oxygen atoms in total. The topological polar surface area (TPSA) is 76.0 Å². The minimum atomic E-state index is -0.499. The minimum absolute atomic E-state index is 0.0822. The van der Waals surface area contributed by atoms with E-state index in [4.69, 9.17) is 9.47 Å². The maximum atomic E-state index is 12.9. The summed E-state index contributed by atoms with van der Waals surface area (Å²) in [4.78, 5) is 12.9. The van der Waals surface area contributed by atoms with E-state index in [9.17, 15) is 15.0 Å². The molecule has 156 valence electrons. The molecule has 0 radical (unpaired) electrons. The SMILES string of the molecule is CC(C)=CCc1c(O)cc2c(c1O)C(=O)CC(c1ccc3c(c1)C=CC(C)(C)O3)O2. The molecule has 0 amide bonds. The zero-order chi connectivity index (χ0) is 21.6. The normalized spacial score (nSPS) is 18.7. The number of ketones is 1. The molecule has 4 rings (SSSR count). The van der Waals surface area contributed by atoms with Gasteiger partial charge in [-0.05, 0) is 57.9 Å². The van der Waals surface area contributed by atoms with Crippen LogP contribution in [0, 0.1) is 0 Å². The lowest BCUT2D eigenvalue weighted by molar-refractivity contribution is 0.0844. The lowest BCUT2D eigenvalue weighted by atomic mass is 9.91. The Balaban J connectivity index is 1.66. The number of allylic oxidation sites excluding steroid dienone is 2. The Morgan fingerprint density at radius 1 is 1.20 bits per heavy atom. The fraction of sp³-hybridized carbons (Fsp3) is 0.320. The van der Waals surface area contributed by atoms with Gasteiger partial charge in [0.2, 0.25) is 0 Å². The van der Waals surface area contributed by atoms with Crippen LogP contribution in [0.1, 0.15) is 67.3 Å². The van der Waals surface area contributed by atoms with Crippen LogP contribution in [0.4, 0.5) is 0 Å². The van der Waals surface area contributed by atoms with Gasteiger partial charge < -0.3 is 19.7 Å². The smallest absolute Gasteiger partial charge is 0.174 e. The molecule has 0 fully saturated rings. The molecule has 30 heavy (non-hydrogen) atoms. The number of ether oxygens (including phenoxy) is 2. The van der Waals surface area contributed by atoms with Crippen molar-refractivity contribution in [3.8, 4) is 23.0 Å². The van der Waals surface area contributed by atoms with Crippen molar-refractivity contribution in [3.63, 3.8) is 0 Å². The Labute approximate surface area is 176 Å². The van der Waals surface area contributed by atoms with Crippen LogP contribution in [0.2, 0.25) is 0 Å². The lowest BCUT2D eigenvalue weighted by Crippen LogP contribution is -2.27. The van der Waals surface area contributed by atoms with Gasteiger partial charge in [-0.1, -0.05) is 23.8 Å². The van der Waals surface area contributed by atoms with E-state index in [2.05, 4.69) is 0 Å². The Hall–Kier alpha value is -3.21. The number of aromatic hydroxyl groups is 2. The van der Waals surface area contributed by atoms with E-state index in [1.54, 1.807) is 0 Å². The number of hydrogen-bond acceptors (Lipinski definition) is 5. The second-order valence-electron chi connectivity index (χ2n) is 8.65. The van der Waals surface area contributed by atoms with Gasteiger partial charge in [0.1, 0.15) is 40.3 Å². The molecule has 2 aliphatic heterocycles.